The second-order valence-corrected chi connectivity index (χ2v) is 8.15. The number of hydrogen-bond donors (Lipinski definition) is 4. The van der Waals surface area contributed by atoms with Crippen LogP contribution in [-0.4, -0.2) is 46.1 Å². The number of carbonyl (C=O) groups is 3. The van der Waals surface area contributed by atoms with Gasteiger partial charge in [-0.1, -0.05) is 25.5 Å². The second kappa shape index (κ2) is 9.82. The molecule has 3 heterocycles. The molecule has 170 valence electrons. The number of unbranched alkanes of at least 4 members (excludes halogenated alkanes) is 1. The van der Waals surface area contributed by atoms with Crippen molar-refractivity contribution in [3.8, 4) is 0 Å². The number of anilines is 2. The van der Waals surface area contributed by atoms with Crippen LogP contribution in [0.4, 0.5) is 16.3 Å². The highest BCUT2D eigenvalue weighted by molar-refractivity contribution is 5.95. The number of H-pyrrole nitrogens is 1. The summed E-state index contributed by atoms with van der Waals surface area (Å²) < 4.78 is 0. The minimum Gasteiger partial charge on any atom is -0.337 e. The van der Waals surface area contributed by atoms with Crippen LogP contribution in [0.1, 0.15) is 49.4 Å². The molecule has 4 N–H and O–H groups in total. The smallest absolute Gasteiger partial charge is 0.329 e. The molecular weight excluding hydrogens is 410 g/mol. The molecule has 4 amide bonds. The first-order chi connectivity index (χ1) is 15.5. The fourth-order valence-electron chi connectivity index (χ4n) is 3.96. The molecule has 2 aliphatic heterocycles. The van der Waals surface area contributed by atoms with E-state index >= 15 is 0 Å². The molecule has 2 aromatic rings. The average Bonchev–Trinajstić information content (AvgIpc) is 3.46. The predicted octanol–water partition coefficient (Wildman–Crippen LogP) is 2.05. The van der Waals surface area contributed by atoms with Crippen LogP contribution in [0.25, 0.3) is 0 Å². The monoisotopic (exact) mass is 439 g/mol. The summed E-state index contributed by atoms with van der Waals surface area (Å²) in [5.74, 6) is 0.456. The first-order valence-corrected chi connectivity index (χ1v) is 11.1. The first kappa shape index (κ1) is 21.8. The molecule has 1 aromatic heterocycles. The van der Waals surface area contributed by atoms with Gasteiger partial charge in [0.2, 0.25) is 11.8 Å². The van der Waals surface area contributed by atoms with E-state index in [9.17, 15) is 14.4 Å². The van der Waals surface area contributed by atoms with Gasteiger partial charge in [0, 0.05) is 37.3 Å². The topological polar surface area (TPSA) is 122 Å². The van der Waals surface area contributed by atoms with Crippen molar-refractivity contribution in [2.75, 3.05) is 23.3 Å². The van der Waals surface area contributed by atoms with Crippen LogP contribution in [0, 0.1) is 0 Å². The molecule has 1 saturated heterocycles. The molecule has 0 saturated carbocycles. The largest absolute Gasteiger partial charge is 0.337 e. The number of nitrogens with one attached hydrogen (secondary N) is 4. The quantitative estimate of drug-likeness (QED) is 0.469. The summed E-state index contributed by atoms with van der Waals surface area (Å²) in [6.45, 7) is 4.41. The van der Waals surface area contributed by atoms with Crippen molar-refractivity contribution < 1.29 is 14.4 Å². The van der Waals surface area contributed by atoms with Gasteiger partial charge in [0.25, 0.3) is 0 Å². The van der Waals surface area contributed by atoms with E-state index in [0.717, 1.165) is 48.3 Å². The van der Waals surface area contributed by atoms with Crippen LogP contribution < -0.4 is 21.0 Å². The van der Waals surface area contributed by atoms with Crippen LogP contribution in [0.2, 0.25) is 0 Å². The molecule has 4 rings (SSSR count). The Morgan fingerprint density at radius 2 is 2.00 bits per heavy atom. The van der Waals surface area contributed by atoms with Gasteiger partial charge >= 0.3 is 6.03 Å². The van der Waals surface area contributed by atoms with E-state index in [1.165, 1.54) is 0 Å². The fraction of sp³-hybridized carbons (Fsp3) is 0.455. The van der Waals surface area contributed by atoms with E-state index in [-0.39, 0.29) is 24.3 Å². The van der Waals surface area contributed by atoms with Crippen molar-refractivity contribution in [3.05, 3.63) is 41.1 Å². The number of fused-ring (bicyclic) bond motifs is 1. The molecule has 0 radical (unpaired) electrons. The second-order valence-electron chi connectivity index (χ2n) is 8.15. The summed E-state index contributed by atoms with van der Waals surface area (Å²) in [7, 11) is 0. The molecule has 0 aliphatic carbocycles. The Labute approximate surface area is 186 Å². The highest BCUT2D eigenvalue weighted by Gasteiger charge is 2.27. The first-order valence-electron chi connectivity index (χ1n) is 11.1. The maximum Gasteiger partial charge on any atom is 0.329 e. The standard InChI is InChI=1S/C22H29N7O3/c1-2-3-10-23-22(32)27-28-13-17-18(14-28)25-26-21(17)24-19(30)12-15-6-8-16(9-7-15)29-11-4-5-20(29)31/h6-9H,2-5,10-14H2,1H3,(H2,23,27,32)(H2,24,25,26,30). The van der Waals surface area contributed by atoms with Crippen molar-refractivity contribution in [2.45, 2.75) is 52.1 Å². The van der Waals surface area contributed by atoms with Crippen LogP contribution in [-0.2, 0) is 29.1 Å². The Morgan fingerprint density at radius 1 is 1.19 bits per heavy atom. The summed E-state index contributed by atoms with van der Waals surface area (Å²) in [6.07, 6.45) is 3.64. The van der Waals surface area contributed by atoms with Crippen molar-refractivity contribution in [3.63, 3.8) is 0 Å². The zero-order chi connectivity index (χ0) is 22.5. The maximum atomic E-state index is 12.6. The Balaban J connectivity index is 1.28. The number of aromatic nitrogens is 2. The molecule has 0 bridgehead atoms. The normalized spacial score (nSPS) is 15.7. The van der Waals surface area contributed by atoms with Gasteiger partial charge in [0.05, 0.1) is 18.7 Å². The van der Waals surface area contributed by atoms with Gasteiger partial charge in [0.1, 0.15) is 0 Å². The zero-order valence-corrected chi connectivity index (χ0v) is 18.2. The lowest BCUT2D eigenvalue weighted by Crippen LogP contribution is -2.45. The minimum atomic E-state index is -0.235. The number of urea groups is 1. The van der Waals surface area contributed by atoms with Crippen LogP contribution in [0.3, 0.4) is 0 Å². The highest BCUT2D eigenvalue weighted by Crippen LogP contribution is 2.26. The predicted molar refractivity (Wildman–Crippen MR) is 120 cm³/mol. The van der Waals surface area contributed by atoms with Gasteiger partial charge in [-0.3, -0.25) is 20.1 Å². The minimum absolute atomic E-state index is 0.143. The summed E-state index contributed by atoms with van der Waals surface area (Å²) in [6, 6.07) is 7.28. The zero-order valence-electron chi connectivity index (χ0n) is 18.2. The third-order valence-electron chi connectivity index (χ3n) is 5.67. The number of nitrogens with zero attached hydrogens (tertiary/aromatic N) is 3. The van der Waals surface area contributed by atoms with Gasteiger partial charge in [-0.05, 0) is 30.5 Å². The van der Waals surface area contributed by atoms with Crippen LogP contribution in [0.5, 0.6) is 0 Å². The molecule has 10 nitrogen and oxygen atoms in total. The number of rotatable bonds is 8. The van der Waals surface area contributed by atoms with Crippen molar-refractivity contribution in [1.82, 2.24) is 25.9 Å². The number of aromatic amines is 1. The van der Waals surface area contributed by atoms with Gasteiger partial charge in [-0.15, -0.1) is 0 Å². The number of amides is 4. The molecular formula is C22H29N7O3. The van der Waals surface area contributed by atoms with E-state index in [1.807, 2.05) is 24.3 Å². The summed E-state index contributed by atoms with van der Waals surface area (Å²) in [5, 5.41) is 14.6. The van der Waals surface area contributed by atoms with E-state index in [4.69, 9.17) is 0 Å². The van der Waals surface area contributed by atoms with Crippen molar-refractivity contribution in [2.24, 2.45) is 0 Å². The van der Waals surface area contributed by atoms with Gasteiger partial charge < -0.3 is 15.5 Å². The van der Waals surface area contributed by atoms with Gasteiger partial charge in [0.15, 0.2) is 5.82 Å². The van der Waals surface area contributed by atoms with Crippen LogP contribution >= 0.6 is 0 Å². The maximum absolute atomic E-state index is 12.6. The Bertz CT molecular complexity index is 986. The third-order valence-corrected chi connectivity index (χ3v) is 5.67. The molecule has 1 aromatic carbocycles. The van der Waals surface area contributed by atoms with Crippen molar-refractivity contribution >= 4 is 29.4 Å². The number of carbonyl (C=O) groups excluding carboxylic acids is 3. The number of benzene rings is 1. The summed E-state index contributed by atoms with van der Waals surface area (Å²) in [5.41, 5.74) is 6.28. The molecule has 0 unspecified atom stereocenters. The highest BCUT2D eigenvalue weighted by atomic mass is 16.2. The molecule has 2 aliphatic rings. The lowest BCUT2D eigenvalue weighted by Gasteiger charge is -2.17. The Kier molecular flexibility index (Phi) is 6.69. The Hall–Kier alpha value is -3.40. The van der Waals surface area contributed by atoms with Crippen LogP contribution in [0.15, 0.2) is 24.3 Å². The van der Waals surface area contributed by atoms with Gasteiger partial charge in [-0.2, -0.15) is 5.10 Å². The van der Waals surface area contributed by atoms with E-state index in [1.54, 1.807) is 9.91 Å². The SMILES string of the molecule is CCCCNC(=O)NN1Cc2[nH]nc(NC(=O)Cc3ccc(N4CCCC4=O)cc3)c2C1. The van der Waals surface area contributed by atoms with Gasteiger partial charge in [-0.25, -0.2) is 9.80 Å². The molecule has 1 fully saturated rings. The van der Waals surface area contributed by atoms with E-state index in [2.05, 4.69) is 33.2 Å². The van der Waals surface area contributed by atoms with Crippen molar-refractivity contribution in [1.29, 1.82) is 0 Å². The lowest BCUT2D eigenvalue weighted by atomic mass is 10.1. The Morgan fingerprint density at radius 3 is 2.72 bits per heavy atom. The average molecular weight is 440 g/mol. The number of hydrazine groups is 1. The van der Waals surface area contributed by atoms with E-state index < -0.39 is 0 Å². The molecule has 32 heavy (non-hydrogen) atoms. The molecule has 0 spiro atoms. The summed E-state index contributed by atoms with van der Waals surface area (Å²) in [4.78, 5) is 38.2. The summed E-state index contributed by atoms with van der Waals surface area (Å²) >= 11 is 0. The number of hydrogen-bond acceptors (Lipinski definition) is 5. The third kappa shape index (κ3) is 5.08. The molecule has 10 heteroatoms. The fourth-order valence-corrected chi connectivity index (χ4v) is 3.96. The molecule has 0 atom stereocenters. The van der Waals surface area contributed by atoms with E-state index in [0.29, 0.717) is 31.9 Å². The lowest BCUT2D eigenvalue weighted by molar-refractivity contribution is -0.117.